The Kier molecular flexibility index (Phi) is 6.96. The fourth-order valence-corrected chi connectivity index (χ4v) is 4.51. The summed E-state index contributed by atoms with van der Waals surface area (Å²) in [6, 6.07) is 16.0. The molecule has 0 spiro atoms. The summed E-state index contributed by atoms with van der Waals surface area (Å²) in [6.45, 7) is 0.324. The highest BCUT2D eigenvalue weighted by Crippen LogP contribution is 2.30. The molecule has 2 heterocycles. The minimum absolute atomic E-state index is 0.155. The molecule has 170 valence electrons. The second kappa shape index (κ2) is 10.1. The average Bonchev–Trinajstić information content (AvgIpc) is 3.41. The number of carbonyl (C=O) groups is 3. The molecule has 1 atom stereocenters. The van der Waals surface area contributed by atoms with E-state index in [9.17, 15) is 14.4 Å². The standard InChI is InChI=1S/C24H22ClN3O4S/c1-32-19-5-2-4-18(14-19)28-23(30)21(15-22(29)26-17-9-7-16(25)8-10-17)27(24(28)31)12-11-20-6-3-13-33-20/h2-10,13-14,21H,11-12,15H2,1H3,(H,26,29). The molecule has 7 nitrogen and oxygen atoms in total. The number of ether oxygens (including phenoxy) is 1. The lowest BCUT2D eigenvalue weighted by molar-refractivity contribution is -0.124. The second-order valence-electron chi connectivity index (χ2n) is 7.46. The Morgan fingerprint density at radius 3 is 2.61 bits per heavy atom. The molecule has 0 aliphatic carbocycles. The van der Waals surface area contributed by atoms with Crippen molar-refractivity contribution in [3.8, 4) is 5.75 Å². The van der Waals surface area contributed by atoms with Gasteiger partial charge in [-0.1, -0.05) is 23.7 Å². The predicted octanol–water partition coefficient (Wildman–Crippen LogP) is 4.82. The van der Waals surface area contributed by atoms with Gasteiger partial charge in [-0.25, -0.2) is 9.69 Å². The molecule has 0 saturated carbocycles. The van der Waals surface area contributed by atoms with Crippen molar-refractivity contribution in [3.05, 3.63) is 75.9 Å². The number of anilines is 2. The van der Waals surface area contributed by atoms with Gasteiger partial charge in [-0.2, -0.15) is 0 Å². The Balaban J connectivity index is 1.56. The maximum Gasteiger partial charge on any atom is 0.332 e. The number of hydrogen-bond donors (Lipinski definition) is 1. The minimum atomic E-state index is -0.907. The first-order valence-electron chi connectivity index (χ1n) is 10.3. The minimum Gasteiger partial charge on any atom is -0.497 e. The van der Waals surface area contributed by atoms with Crippen LogP contribution in [-0.4, -0.2) is 42.4 Å². The zero-order valence-electron chi connectivity index (χ0n) is 17.9. The molecule has 1 saturated heterocycles. The number of rotatable bonds is 8. The Bertz CT molecular complexity index is 1150. The Hall–Kier alpha value is -3.36. The number of carbonyl (C=O) groups excluding carboxylic acids is 3. The van der Waals surface area contributed by atoms with Crippen molar-refractivity contribution in [1.82, 2.24) is 4.90 Å². The van der Waals surface area contributed by atoms with E-state index in [4.69, 9.17) is 16.3 Å². The lowest BCUT2D eigenvalue weighted by atomic mass is 10.1. The lowest BCUT2D eigenvalue weighted by Crippen LogP contribution is -2.39. The number of amides is 4. The molecule has 1 aromatic heterocycles. The molecule has 1 fully saturated rings. The van der Waals surface area contributed by atoms with Crippen LogP contribution < -0.4 is 15.0 Å². The van der Waals surface area contributed by atoms with Crippen molar-refractivity contribution in [1.29, 1.82) is 0 Å². The number of methoxy groups -OCH3 is 1. The normalized spacial score (nSPS) is 15.8. The zero-order valence-corrected chi connectivity index (χ0v) is 19.4. The van der Waals surface area contributed by atoms with Crippen LogP contribution in [0.15, 0.2) is 66.0 Å². The van der Waals surface area contributed by atoms with Gasteiger partial charge in [-0.05, 0) is 54.3 Å². The summed E-state index contributed by atoms with van der Waals surface area (Å²) in [7, 11) is 1.52. The number of imide groups is 1. The van der Waals surface area contributed by atoms with E-state index in [1.54, 1.807) is 59.9 Å². The molecular weight excluding hydrogens is 462 g/mol. The number of nitrogens with one attached hydrogen (secondary N) is 1. The van der Waals surface area contributed by atoms with Crippen molar-refractivity contribution in [3.63, 3.8) is 0 Å². The number of hydrogen-bond acceptors (Lipinski definition) is 5. The van der Waals surface area contributed by atoms with Crippen LogP contribution in [0.1, 0.15) is 11.3 Å². The summed E-state index contributed by atoms with van der Waals surface area (Å²) < 4.78 is 5.24. The van der Waals surface area contributed by atoms with E-state index < -0.39 is 18.0 Å². The van der Waals surface area contributed by atoms with Gasteiger partial charge in [0.05, 0.1) is 19.2 Å². The molecule has 0 bridgehead atoms. The Morgan fingerprint density at radius 1 is 1.12 bits per heavy atom. The van der Waals surface area contributed by atoms with E-state index in [0.29, 0.717) is 35.1 Å². The fraction of sp³-hybridized carbons (Fsp3) is 0.208. The van der Waals surface area contributed by atoms with E-state index in [1.165, 1.54) is 12.0 Å². The van der Waals surface area contributed by atoms with Crippen molar-refractivity contribution >= 4 is 52.2 Å². The van der Waals surface area contributed by atoms with Crippen LogP contribution in [0, 0.1) is 0 Å². The molecule has 1 N–H and O–H groups in total. The van der Waals surface area contributed by atoms with Gasteiger partial charge >= 0.3 is 6.03 Å². The quantitative estimate of drug-likeness (QED) is 0.466. The van der Waals surface area contributed by atoms with Crippen molar-refractivity contribution < 1.29 is 19.1 Å². The first-order chi connectivity index (χ1) is 16.0. The smallest absolute Gasteiger partial charge is 0.332 e. The summed E-state index contributed by atoms with van der Waals surface area (Å²) in [5, 5.41) is 5.29. The summed E-state index contributed by atoms with van der Waals surface area (Å²) in [6.07, 6.45) is 0.441. The summed E-state index contributed by atoms with van der Waals surface area (Å²) >= 11 is 7.48. The molecule has 1 aliphatic heterocycles. The van der Waals surface area contributed by atoms with Crippen LogP contribution >= 0.6 is 22.9 Å². The van der Waals surface area contributed by atoms with Gasteiger partial charge in [0.1, 0.15) is 11.8 Å². The van der Waals surface area contributed by atoms with Crippen molar-refractivity contribution in [2.75, 3.05) is 23.9 Å². The van der Waals surface area contributed by atoms with E-state index in [-0.39, 0.29) is 12.3 Å². The van der Waals surface area contributed by atoms with Gasteiger partial charge in [-0.3, -0.25) is 9.59 Å². The fourth-order valence-electron chi connectivity index (χ4n) is 3.68. The molecule has 2 aromatic carbocycles. The highest BCUT2D eigenvalue weighted by atomic mass is 35.5. The first-order valence-corrected chi connectivity index (χ1v) is 11.6. The number of halogens is 1. The Labute approximate surface area is 200 Å². The molecule has 1 aliphatic rings. The van der Waals surface area contributed by atoms with Crippen molar-refractivity contribution in [2.45, 2.75) is 18.9 Å². The summed E-state index contributed by atoms with van der Waals surface area (Å²) in [5.74, 6) is -0.273. The molecule has 3 aromatic rings. The molecule has 4 amide bonds. The van der Waals surface area contributed by atoms with Crippen LogP contribution in [0.3, 0.4) is 0 Å². The Morgan fingerprint density at radius 2 is 1.91 bits per heavy atom. The van der Waals surface area contributed by atoms with Crippen LogP contribution in [0.5, 0.6) is 5.75 Å². The van der Waals surface area contributed by atoms with Crippen LogP contribution in [0.4, 0.5) is 16.2 Å². The average molecular weight is 484 g/mol. The first kappa shape index (κ1) is 22.8. The molecule has 33 heavy (non-hydrogen) atoms. The monoisotopic (exact) mass is 483 g/mol. The maximum absolute atomic E-state index is 13.3. The van der Waals surface area contributed by atoms with Gasteiger partial charge in [0.15, 0.2) is 0 Å². The maximum atomic E-state index is 13.3. The van der Waals surface area contributed by atoms with Gasteiger partial charge in [0, 0.05) is 28.2 Å². The van der Waals surface area contributed by atoms with Crippen LogP contribution in [0.2, 0.25) is 5.02 Å². The molecule has 9 heteroatoms. The van der Waals surface area contributed by atoms with Gasteiger partial charge in [-0.15, -0.1) is 11.3 Å². The third kappa shape index (κ3) is 5.18. The summed E-state index contributed by atoms with van der Waals surface area (Å²) in [5.41, 5.74) is 0.974. The molecular formula is C24H22ClN3O4S. The van der Waals surface area contributed by atoms with Crippen molar-refractivity contribution in [2.24, 2.45) is 0 Å². The van der Waals surface area contributed by atoms with Crippen LogP contribution in [0.25, 0.3) is 0 Å². The highest BCUT2D eigenvalue weighted by molar-refractivity contribution is 7.09. The van der Waals surface area contributed by atoms with Gasteiger partial charge < -0.3 is 15.0 Å². The van der Waals surface area contributed by atoms with Crippen LogP contribution in [-0.2, 0) is 16.0 Å². The summed E-state index contributed by atoms with van der Waals surface area (Å²) in [4.78, 5) is 43.1. The third-order valence-corrected chi connectivity index (χ3v) is 6.50. The number of thiophene rings is 1. The molecule has 0 radical (unpaired) electrons. The predicted molar refractivity (Wildman–Crippen MR) is 129 cm³/mol. The topological polar surface area (TPSA) is 79.0 Å². The largest absolute Gasteiger partial charge is 0.497 e. The van der Waals surface area contributed by atoms with Gasteiger partial charge in [0.25, 0.3) is 5.91 Å². The number of nitrogens with zero attached hydrogens (tertiary/aromatic N) is 2. The molecule has 4 rings (SSSR count). The van der Waals surface area contributed by atoms with E-state index in [1.807, 2.05) is 17.5 Å². The lowest BCUT2D eigenvalue weighted by Gasteiger charge is -2.21. The zero-order chi connectivity index (χ0) is 23.4. The second-order valence-corrected chi connectivity index (χ2v) is 8.92. The van der Waals surface area contributed by atoms with E-state index >= 15 is 0 Å². The number of urea groups is 1. The number of benzene rings is 2. The van der Waals surface area contributed by atoms with E-state index in [2.05, 4.69) is 5.32 Å². The highest BCUT2D eigenvalue weighted by Gasteiger charge is 2.46. The van der Waals surface area contributed by atoms with E-state index in [0.717, 1.165) is 9.78 Å². The third-order valence-electron chi connectivity index (χ3n) is 5.32. The van der Waals surface area contributed by atoms with Gasteiger partial charge in [0.2, 0.25) is 5.91 Å². The SMILES string of the molecule is COc1cccc(N2C(=O)C(CC(=O)Nc3ccc(Cl)cc3)N(CCc3cccs3)C2=O)c1. The molecule has 1 unspecified atom stereocenters.